The Morgan fingerprint density at radius 2 is 2.16 bits per heavy atom. The van der Waals surface area contributed by atoms with Gasteiger partial charge in [-0.15, -0.1) is 0 Å². The van der Waals surface area contributed by atoms with Gasteiger partial charge in [-0.25, -0.2) is 0 Å². The molecule has 3 atom stereocenters. The van der Waals surface area contributed by atoms with Crippen molar-refractivity contribution >= 4 is 16.8 Å². The van der Waals surface area contributed by atoms with Crippen molar-refractivity contribution < 1.29 is 14.6 Å². The number of amides is 1. The third kappa shape index (κ3) is 3.50. The number of ether oxygens (including phenoxy) is 1. The number of aliphatic hydroxyl groups is 1. The molecule has 0 bridgehead atoms. The summed E-state index contributed by atoms with van der Waals surface area (Å²) in [6.45, 7) is 1.06. The number of carbonyl (C=O) groups excluding carboxylic acids is 1. The van der Waals surface area contributed by atoms with Crippen molar-refractivity contribution in [2.45, 2.75) is 43.9 Å². The number of piperazine rings is 1. The fourth-order valence-electron chi connectivity index (χ4n) is 4.16. The fourth-order valence-corrected chi connectivity index (χ4v) is 4.16. The van der Waals surface area contributed by atoms with E-state index < -0.39 is 6.10 Å². The molecule has 1 aliphatic heterocycles. The van der Waals surface area contributed by atoms with E-state index in [0.717, 1.165) is 29.5 Å². The van der Waals surface area contributed by atoms with E-state index in [2.05, 4.69) is 15.2 Å². The van der Waals surface area contributed by atoms with Crippen molar-refractivity contribution in [2.24, 2.45) is 0 Å². The first-order chi connectivity index (χ1) is 12.2. The highest BCUT2D eigenvalue weighted by atomic mass is 16.5. The van der Waals surface area contributed by atoms with Crippen LogP contribution in [0.15, 0.2) is 30.5 Å². The normalized spacial score (nSPS) is 25.4. The smallest absolute Gasteiger partial charge is 0.234 e. The summed E-state index contributed by atoms with van der Waals surface area (Å²) in [5.74, 6) is 0.832. The van der Waals surface area contributed by atoms with Crippen molar-refractivity contribution in [3.63, 3.8) is 0 Å². The lowest BCUT2D eigenvalue weighted by molar-refractivity contribution is -0.129. The third-order valence-electron chi connectivity index (χ3n) is 5.32. The molecule has 2 aromatic rings. The summed E-state index contributed by atoms with van der Waals surface area (Å²) in [7, 11) is 0. The molecule has 1 amide bonds. The van der Waals surface area contributed by atoms with Crippen LogP contribution in [0.1, 0.15) is 25.7 Å². The summed E-state index contributed by atoms with van der Waals surface area (Å²) in [4.78, 5) is 17.2. The highest BCUT2D eigenvalue weighted by Gasteiger charge is 2.36. The summed E-state index contributed by atoms with van der Waals surface area (Å²) in [6, 6.07) is 8.38. The van der Waals surface area contributed by atoms with E-state index in [1.807, 2.05) is 30.5 Å². The number of nitrogens with zero attached hydrogens (tertiary/aromatic N) is 1. The number of rotatable bonds is 5. The van der Waals surface area contributed by atoms with Crippen LogP contribution in [0.4, 0.5) is 0 Å². The second-order valence-electron chi connectivity index (χ2n) is 7.12. The lowest BCUT2D eigenvalue weighted by Gasteiger charge is -2.44. The first-order valence-electron chi connectivity index (χ1n) is 9.11. The molecule has 2 heterocycles. The standard InChI is InChI=1S/C19H25N3O3/c23-13(12-25-18-7-3-5-15-14(18)8-9-20-15)10-22-11-19(24)21-16-4-1-2-6-17(16)22/h3,5,7-9,13,16-17,20,23H,1-2,4,6,10-12H2,(H,21,24). The largest absolute Gasteiger partial charge is 0.490 e. The number of H-pyrrole nitrogens is 1. The van der Waals surface area contributed by atoms with Gasteiger partial charge in [-0.3, -0.25) is 9.69 Å². The Hall–Kier alpha value is -2.05. The van der Waals surface area contributed by atoms with Crippen molar-refractivity contribution in [1.82, 2.24) is 15.2 Å². The molecule has 25 heavy (non-hydrogen) atoms. The molecule has 2 aliphatic rings. The van der Waals surface area contributed by atoms with E-state index in [0.29, 0.717) is 19.1 Å². The van der Waals surface area contributed by atoms with E-state index in [-0.39, 0.29) is 18.6 Å². The molecule has 1 saturated carbocycles. The number of hydrogen-bond acceptors (Lipinski definition) is 4. The predicted molar refractivity (Wildman–Crippen MR) is 95.6 cm³/mol. The molecule has 3 unspecified atom stereocenters. The van der Waals surface area contributed by atoms with E-state index in [1.165, 1.54) is 12.8 Å². The van der Waals surface area contributed by atoms with Crippen LogP contribution in [0.2, 0.25) is 0 Å². The molecule has 1 aromatic carbocycles. The molecule has 6 heteroatoms. The molecule has 134 valence electrons. The van der Waals surface area contributed by atoms with Crippen LogP contribution < -0.4 is 10.1 Å². The summed E-state index contributed by atoms with van der Waals surface area (Å²) >= 11 is 0. The van der Waals surface area contributed by atoms with Gasteiger partial charge in [0.05, 0.1) is 6.54 Å². The van der Waals surface area contributed by atoms with Crippen LogP contribution >= 0.6 is 0 Å². The van der Waals surface area contributed by atoms with E-state index in [9.17, 15) is 9.90 Å². The number of aromatic amines is 1. The average Bonchev–Trinajstić information content (AvgIpc) is 3.09. The fraction of sp³-hybridized carbons (Fsp3) is 0.526. The Morgan fingerprint density at radius 3 is 3.08 bits per heavy atom. The number of nitrogens with one attached hydrogen (secondary N) is 2. The summed E-state index contributed by atoms with van der Waals surface area (Å²) in [6.07, 6.45) is 5.74. The Bertz CT molecular complexity index is 744. The quantitative estimate of drug-likeness (QED) is 0.771. The Morgan fingerprint density at radius 1 is 1.28 bits per heavy atom. The van der Waals surface area contributed by atoms with E-state index >= 15 is 0 Å². The number of β-amino-alcohol motifs (C(OH)–C–C–N with tert-alkyl or cyclic N) is 1. The second kappa shape index (κ2) is 7.06. The number of aromatic nitrogens is 1. The van der Waals surface area contributed by atoms with Gasteiger partial charge in [-0.05, 0) is 31.0 Å². The average molecular weight is 343 g/mol. The van der Waals surface area contributed by atoms with Crippen molar-refractivity contribution in [2.75, 3.05) is 19.7 Å². The van der Waals surface area contributed by atoms with Crippen LogP contribution in [0.5, 0.6) is 5.75 Å². The minimum Gasteiger partial charge on any atom is -0.490 e. The van der Waals surface area contributed by atoms with Gasteiger partial charge in [0.2, 0.25) is 5.91 Å². The van der Waals surface area contributed by atoms with Crippen LogP contribution in [0.3, 0.4) is 0 Å². The molecular formula is C19H25N3O3. The lowest BCUT2D eigenvalue weighted by atomic mass is 9.87. The van der Waals surface area contributed by atoms with Crippen molar-refractivity contribution in [3.05, 3.63) is 30.5 Å². The van der Waals surface area contributed by atoms with E-state index in [1.54, 1.807) is 0 Å². The Labute approximate surface area is 147 Å². The zero-order valence-corrected chi connectivity index (χ0v) is 14.3. The van der Waals surface area contributed by atoms with Crippen LogP contribution in [-0.2, 0) is 4.79 Å². The first-order valence-corrected chi connectivity index (χ1v) is 9.11. The van der Waals surface area contributed by atoms with Crippen molar-refractivity contribution in [1.29, 1.82) is 0 Å². The van der Waals surface area contributed by atoms with Crippen LogP contribution in [0, 0.1) is 0 Å². The van der Waals surface area contributed by atoms with Gasteiger partial charge in [-0.1, -0.05) is 18.9 Å². The summed E-state index contributed by atoms with van der Waals surface area (Å²) in [5, 5.41) is 14.6. The summed E-state index contributed by atoms with van der Waals surface area (Å²) < 4.78 is 5.85. The molecule has 1 aromatic heterocycles. The molecule has 6 nitrogen and oxygen atoms in total. The lowest BCUT2D eigenvalue weighted by Crippen LogP contribution is -2.62. The highest BCUT2D eigenvalue weighted by molar-refractivity contribution is 5.85. The number of fused-ring (bicyclic) bond motifs is 2. The Balaban J connectivity index is 1.37. The molecule has 0 spiro atoms. The zero-order chi connectivity index (χ0) is 17.2. The molecule has 1 aliphatic carbocycles. The van der Waals surface area contributed by atoms with Gasteiger partial charge in [0.15, 0.2) is 0 Å². The van der Waals surface area contributed by atoms with Gasteiger partial charge < -0.3 is 20.1 Å². The van der Waals surface area contributed by atoms with Gasteiger partial charge in [0, 0.05) is 35.7 Å². The maximum absolute atomic E-state index is 11.9. The topological polar surface area (TPSA) is 77.6 Å². The minimum atomic E-state index is -0.623. The molecular weight excluding hydrogens is 318 g/mol. The number of aliphatic hydroxyl groups excluding tert-OH is 1. The molecule has 2 fully saturated rings. The molecule has 1 saturated heterocycles. The summed E-state index contributed by atoms with van der Waals surface area (Å²) in [5.41, 5.74) is 1.02. The number of carbonyl (C=O) groups is 1. The van der Waals surface area contributed by atoms with Crippen molar-refractivity contribution in [3.8, 4) is 5.75 Å². The van der Waals surface area contributed by atoms with Crippen LogP contribution in [0.25, 0.3) is 10.9 Å². The van der Waals surface area contributed by atoms with Gasteiger partial charge in [0.1, 0.15) is 18.5 Å². The number of hydrogen-bond donors (Lipinski definition) is 3. The Kier molecular flexibility index (Phi) is 4.63. The molecule has 3 N–H and O–H groups in total. The highest BCUT2D eigenvalue weighted by Crippen LogP contribution is 2.27. The maximum atomic E-state index is 11.9. The van der Waals surface area contributed by atoms with Gasteiger partial charge in [0.25, 0.3) is 0 Å². The van der Waals surface area contributed by atoms with Crippen LogP contribution in [-0.4, -0.2) is 58.8 Å². The first kappa shape index (κ1) is 16.4. The number of benzene rings is 1. The third-order valence-corrected chi connectivity index (χ3v) is 5.32. The van der Waals surface area contributed by atoms with Gasteiger partial charge >= 0.3 is 0 Å². The second-order valence-corrected chi connectivity index (χ2v) is 7.12. The SMILES string of the molecule is O=C1CN(CC(O)COc2cccc3[nH]ccc23)C2CCCCC2N1. The van der Waals surface area contributed by atoms with Gasteiger partial charge in [-0.2, -0.15) is 0 Å². The predicted octanol–water partition coefficient (Wildman–Crippen LogP) is 1.65. The molecule has 4 rings (SSSR count). The monoisotopic (exact) mass is 343 g/mol. The maximum Gasteiger partial charge on any atom is 0.234 e. The minimum absolute atomic E-state index is 0.0633. The zero-order valence-electron chi connectivity index (χ0n) is 14.3. The van der Waals surface area contributed by atoms with E-state index in [4.69, 9.17) is 4.74 Å². The molecule has 0 radical (unpaired) electrons.